The summed E-state index contributed by atoms with van der Waals surface area (Å²) in [6.07, 6.45) is 5.95. The molecule has 3 saturated carbocycles. The minimum atomic E-state index is -0.262. The average Bonchev–Trinajstić information content (AvgIpc) is 2.70. The largest absolute Gasteiger partial charge is 0.380 e. The lowest BCUT2D eigenvalue weighted by atomic mass is 9.52. The highest BCUT2D eigenvalue weighted by Gasteiger charge is 2.72. The Balaban J connectivity index is 2.19. The van der Waals surface area contributed by atoms with Crippen LogP contribution in [0.2, 0.25) is 0 Å². The molecular weight excluding hydrogens is 200 g/mol. The van der Waals surface area contributed by atoms with Crippen LogP contribution in [0.15, 0.2) is 12.2 Å². The van der Waals surface area contributed by atoms with E-state index in [1.165, 1.54) is 24.7 Å². The third kappa shape index (κ3) is 0.806. The number of carbonyl (C=O) groups excluding carboxylic acids is 1. The molecule has 2 heteroatoms. The van der Waals surface area contributed by atoms with Crippen LogP contribution in [0.25, 0.3) is 0 Å². The second kappa shape index (κ2) is 2.98. The maximum atomic E-state index is 11.8. The van der Waals surface area contributed by atoms with E-state index in [1.54, 1.807) is 7.11 Å². The van der Waals surface area contributed by atoms with E-state index >= 15 is 0 Å². The molecule has 0 aromatic heterocycles. The van der Waals surface area contributed by atoms with Crippen LogP contribution in [-0.4, -0.2) is 19.5 Å². The lowest BCUT2D eigenvalue weighted by Gasteiger charge is -2.51. The third-order valence-electron chi connectivity index (χ3n) is 5.84. The van der Waals surface area contributed by atoms with Gasteiger partial charge in [-0.3, -0.25) is 0 Å². The topological polar surface area (TPSA) is 26.3 Å². The van der Waals surface area contributed by atoms with E-state index in [4.69, 9.17) is 4.74 Å². The summed E-state index contributed by atoms with van der Waals surface area (Å²) in [4.78, 5) is 11.8. The maximum Gasteiger partial charge on any atom is 0.129 e. The first-order valence-electron chi connectivity index (χ1n) is 6.30. The first-order valence-corrected chi connectivity index (χ1v) is 6.30. The summed E-state index contributed by atoms with van der Waals surface area (Å²) in [6, 6.07) is 0. The molecule has 0 spiro atoms. The zero-order valence-electron chi connectivity index (χ0n) is 10.2. The van der Waals surface area contributed by atoms with Crippen LogP contribution in [-0.2, 0) is 9.53 Å². The van der Waals surface area contributed by atoms with Crippen molar-refractivity contribution in [1.82, 2.24) is 0 Å². The number of fused-ring (bicyclic) bond motifs is 1. The van der Waals surface area contributed by atoms with E-state index in [0.717, 1.165) is 12.8 Å². The van der Waals surface area contributed by atoms with Gasteiger partial charge in [-0.2, -0.15) is 0 Å². The molecule has 3 aliphatic rings. The Kier molecular flexibility index (Phi) is 1.96. The van der Waals surface area contributed by atoms with Crippen molar-refractivity contribution in [3.8, 4) is 0 Å². The first-order chi connectivity index (χ1) is 7.61. The van der Waals surface area contributed by atoms with Crippen LogP contribution in [0.5, 0.6) is 0 Å². The summed E-state index contributed by atoms with van der Waals surface area (Å²) in [5.41, 5.74) is 1.02. The van der Waals surface area contributed by atoms with Gasteiger partial charge in [-0.1, -0.05) is 25.5 Å². The van der Waals surface area contributed by atoms with Gasteiger partial charge in [0.05, 0.1) is 11.5 Å². The number of hydrogen-bond donors (Lipinski definition) is 0. The predicted molar refractivity (Wildman–Crippen MR) is 62.0 cm³/mol. The fraction of sp³-hybridized carbons (Fsp3) is 0.786. The lowest BCUT2D eigenvalue weighted by molar-refractivity contribution is -0.138. The fourth-order valence-electron chi connectivity index (χ4n) is 5.06. The van der Waals surface area contributed by atoms with Crippen molar-refractivity contribution in [2.75, 3.05) is 7.11 Å². The molecule has 0 saturated heterocycles. The minimum absolute atomic E-state index is 0.00125. The van der Waals surface area contributed by atoms with Crippen molar-refractivity contribution in [3.63, 3.8) is 0 Å². The molecule has 0 heterocycles. The Morgan fingerprint density at radius 1 is 1.56 bits per heavy atom. The Hall–Kier alpha value is -0.630. The van der Waals surface area contributed by atoms with Crippen molar-refractivity contribution < 1.29 is 9.53 Å². The molecule has 3 aliphatic carbocycles. The van der Waals surface area contributed by atoms with Gasteiger partial charge in [0.15, 0.2) is 0 Å². The van der Waals surface area contributed by atoms with Gasteiger partial charge >= 0.3 is 0 Å². The van der Waals surface area contributed by atoms with Gasteiger partial charge in [0.2, 0.25) is 0 Å². The molecule has 3 fully saturated rings. The van der Waals surface area contributed by atoms with Gasteiger partial charge in [0.1, 0.15) is 6.29 Å². The zero-order valence-corrected chi connectivity index (χ0v) is 10.2. The number of rotatable bonds is 2. The number of carbonyl (C=O) groups is 1. The molecule has 0 aromatic carbocycles. The molecule has 0 amide bonds. The van der Waals surface area contributed by atoms with Crippen LogP contribution >= 0.6 is 0 Å². The zero-order chi connectivity index (χ0) is 11.6. The van der Waals surface area contributed by atoms with Crippen molar-refractivity contribution in [1.29, 1.82) is 0 Å². The predicted octanol–water partition coefficient (Wildman–Crippen LogP) is 2.58. The third-order valence-corrected chi connectivity index (χ3v) is 5.84. The summed E-state index contributed by atoms with van der Waals surface area (Å²) in [5, 5.41) is 0. The van der Waals surface area contributed by atoms with Crippen LogP contribution in [0, 0.1) is 22.7 Å². The summed E-state index contributed by atoms with van der Waals surface area (Å²) >= 11 is 0. The highest BCUT2D eigenvalue weighted by Crippen LogP contribution is 2.73. The molecule has 2 bridgehead atoms. The molecule has 88 valence electrons. The maximum absolute atomic E-state index is 11.8. The monoisotopic (exact) mass is 220 g/mol. The van der Waals surface area contributed by atoms with Crippen molar-refractivity contribution >= 4 is 6.29 Å². The molecule has 0 N–H and O–H groups in total. The minimum Gasteiger partial charge on any atom is -0.380 e. The summed E-state index contributed by atoms with van der Waals surface area (Å²) in [7, 11) is 1.75. The highest BCUT2D eigenvalue weighted by molar-refractivity contribution is 5.69. The molecule has 5 atom stereocenters. The molecule has 3 rings (SSSR count). The van der Waals surface area contributed by atoms with E-state index in [1.807, 2.05) is 0 Å². The average molecular weight is 220 g/mol. The molecule has 0 aliphatic heterocycles. The fourth-order valence-corrected chi connectivity index (χ4v) is 5.06. The second-order valence-corrected chi connectivity index (χ2v) is 6.00. The van der Waals surface area contributed by atoms with Crippen LogP contribution in [0.1, 0.15) is 32.6 Å². The number of aldehydes is 1. The van der Waals surface area contributed by atoms with Gasteiger partial charge in [-0.25, -0.2) is 0 Å². The molecule has 0 unspecified atom stereocenters. The van der Waals surface area contributed by atoms with Gasteiger partial charge in [-0.05, 0) is 25.2 Å². The van der Waals surface area contributed by atoms with Crippen molar-refractivity contribution in [2.24, 2.45) is 22.7 Å². The number of hydrogen-bond acceptors (Lipinski definition) is 2. The van der Waals surface area contributed by atoms with Gasteiger partial charge in [0.25, 0.3) is 0 Å². The van der Waals surface area contributed by atoms with E-state index in [-0.39, 0.29) is 16.9 Å². The Morgan fingerprint density at radius 2 is 2.31 bits per heavy atom. The van der Waals surface area contributed by atoms with E-state index in [2.05, 4.69) is 13.5 Å². The molecular formula is C14H20O2. The molecule has 2 nitrogen and oxygen atoms in total. The molecule has 16 heavy (non-hydrogen) atoms. The van der Waals surface area contributed by atoms with Gasteiger partial charge in [0, 0.05) is 18.4 Å². The van der Waals surface area contributed by atoms with Crippen LogP contribution in [0.4, 0.5) is 0 Å². The Labute approximate surface area is 97.1 Å². The normalized spacial score (nSPS) is 54.4. The molecule has 0 aromatic rings. The number of methoxy groups -OCH3 is 1. The van der Waals surface area contributed by atoms with Crippen LogP contribution < -0.4 is 0 Å². The summed E-state index contributed by atoms with van der Waals surface area (Å²) < 4.78 is 5.67. The number of ether oxygens (including phenoxy) is 1. The Bertz CT molecular complexity index is 362. The summed E-state index contributed by atoms with van der Waals surface area (Å²) in [5.74, 6) is 0.953. The van der Waals surface area contributed by atoms with Crippen LogP contribution in [0.3, 0.4) is 0 Å². The van der Waals surface area contributed by atoms with Gasteiger partial charge in [-0.15, -0.1) is 0 Å². The summed E-state index contributed by atoms with van der Waals surface area (Å²) in [6.45, 7) is 6.52. The molecule has 0 radical (unpaired) electrons. The van der Waals surface area contributed by atoms with E-state index < -0.39 is 0 Å². The van der Waals surface area contributed by atoms with Crippen molar-refractivity contribution in [3.05, 3.63) is 12.2 Å². The lowest BCUT2D eigenvalue weighted by Crippen LogP contribution is -2.51. The quantitative estimate of drug-likeness (QED) is 0.528. The first kappa shape index (κ1) is 10.5. The highest BCUT2D eigenvalue weighted by atomic mass is 16.5. The van der Waals surface area contributed by atoms with Crippen molar-refractivity contribution in [2.45, 2.75) is 38.7 Å². The standard InChI is InChI=1S/C14H20O2/c1-9-11-7-10-5-4-6-13(9,2)14(10,8-15)12(11)16-3/h8,10-12H,1,4-7H2,2-3H3/t10-,11-,12-,13+,14-/m1/s1. The van der Waals surface area contributed by atoms with E-state index in [9.17, 15) is 4.79 Å². The second-order valence-electron chi connectivity index (χ2n) is 6.00. The smallest absolute Gasteiger partial charge is 0.129 e. The SMILES string of the molecule is C=C1[C@H]2C[C@H]3CCC[C@]1(C)[C@@]3(C=O)[C@@H]2OC. The van der Waals surface area contributed by atoms with Gasteiger partial charge < -0.3 is 9.53 Å². The Morgan fingerprint density at radius 3 is 2.94 bits per heavy atom. The van der Waals surface area contributed by atoms with E-state index in [0.29, 0.717) is 11.8 Å².